The molecule has 3 N–H and O–H groups in total. The van der Waals surface area contributed by atoms with Crippen LogP contribution in [0.5, 0.6) is 0 Å². The summed E-state index contributed by atoms with van der Waals surface area (Å²) in [5.74, 6) is 5.12. The van der Waals surface area contributed by atoms with E-state index in [2.05, 4.69) is 15.1 Å². The van der Waals surface area contributed by atoms with E-state index in [-0.39, 0.29) is 11.8 Å². The van der Waals surface area contributed by atoms with Crippen molar-refractivity contribution in [3.63, 3.8) is 0 Å². The second-order valence-electron chi connectivity index (χ2n) is 1.73. The van der Waals surface area contributed by atoms with E-state index in [4.69, 9.17) is 5.84 Å². The van der Waals surface area contributed by atoms with Gasteiger partial charge in [0.1, 0.15) is 0 Å². The van der Waals surface area contributed by atoms with Gasteiger partial charge in [0.25, 0.3) is 6.20 Å². The Labute approximate surface area is 56.5 Å². The van der Waals surface area contributed by atoms with E-state index in [0.29, 0.717) is 0 Å². The number of nitrogens with two attached hydrogens (primary N) is 1. The first-order chi connectivity index (χ1) is 4.68. The Morgan fingerprint density at radius 1 is 2.00 bits per heavy atom. The van der Waals surface area contributed by atoms with Crippen molar-refractivity contribution in [2.45, 2.75) is 6.92 Å². The zero-order chi connectivity index (χ0) is 7.56. The molecule has 1 aromatic heterocycles. The average Bonchev–Trinajstić information content (AvgIpc) is 2.13. The number of rotatable bonds is 1. The Morgan fingerprint density at radius 2 is 2.70 bits per heavy atom. The fraction of sp³-hybridized carbons (Fsp3) is 0.250. The van der Waals surface area contributed by atoms with Gasteiger partial charge < -0.3 is 0 Å². The summed E-state index contributed by atoms with van der Waals surface area (Å²) in [6, 6.07) is 0. The molecule has 0 aliphatic rings. The van der Waals surface area contributed by atoms with Crippen LogP contribution in [0.3, 0.4) is 0 Å². The second-order valence-corrected chi connectivity index (χ2v) is 1.73. The van der Waals surface area contributed by atoms with E-state index < -0.39 is 0 Å². The van der Waals surface area contributed by atoms with Crippen molar-refractivity contribution in [1.82, 2.24) is 5.27 Å². The smallest absolute Gasteiger partial charge is 0.289 e. The van der Waals surface area contributed by atoms with Crippen LogP contribution >= 0.6 is 0 Å². The highest BCUT2D eigenvalue weighted by Crippen LogP contribution is 1.97. The maximum absolute atomic E-state index is 10.4. The van der Waals surface area contributed by atoms with Gasteiger partial charge >= 0.3 is 5.88 Å². The molecule has 0 radical (unpaired) electrons. The Kier molecular flexibility index (Phi) is 1.53. The fourth-order valence-electron chi connectivity index (χ4n) is 0.487. The summed E-state index contributed by atoms with van der Waals surface area (Å²) in [6.45, 7) is 1.36. The number of hydrogen-bond acceptors (Lipinski definition) is 4. The van der Waals surface area contributed by atoms with Crippen LogP contribution < -0.4 is 16.0 Å². The molecule has 1 rings (SSSR count). The number of anilines is 1. The topological polar surface area (TPSA) is 85.0 Å². The molecule has 1 aromatic rings. The zero-order valence-electron chi connectivity index (χ0n) is 5.37. The van der Waals surface area contributed by atoms with E-state index in [1.54, 1.807) is 0 Å². The van der Waals surface area contributed by atoms with Crippen LogP contribution in [0, 0.1) is 0 Å². The Morgan fingerprint density at radius 3 is 3.10 bits per heavy atom. The summed E-state index contributed by atoms with van der Waals surface area (Å²) in [5.41, 5.74) is 0. The SMILES string of the molecule is CC(=O)Nc1c[n+](N)no1. The van der Waals surface area contributed by atoms with Gasteiger partial charge in [0, 0.05) is 6.92 Å². The number of nitrogens with one attached hydrogen (secondary N) is 1. The molecule has 0 unspecified atom stereocenters. The van der Waals surface area contributed by atoms with Crippen LogP contribution in [-0.4, -0.2) is 11.2 Å². The first-order valence-electron chi connectivity index (χ1n) is 2.60. The highest BCUT2D eigenvalue weighted by atomic mass is 16.5. The highest BCUT2D eigenvalue weighted by molar-refractivity contribution is 5.86. The fourth-order valence-corrected chi connectivity index (χ4v) is 0.487. The highest BCUT2D eigenvalue weighted by Gasteiger charge is 2.07. The molecule has 6 heteroatoms. The number of aromatic nitrogens is 2. The predicted molar refractivity (Wildman–Crippen MR) is 31.2 cm³/mol. The van der Waals surface area contributed by atoms with Crippen molar-refractivity contribution >= 4 is 11.8 Å². The van der Waals surface area contributed by atoms with E-state index in [0.717, 1.165) is 4.79 Å². The van der Waals surface area contributed by atoms with E-state index in [9.17, 15) is 4.79 Å². The van der Waals surface area contributed by atoms with Gasteiger partial charge in [0.15, 0.2) is 0 Å². The van der Waals surface area contributed by atoms with Gasteiger partial charge in [0.05, 0.1) is 4.79 Å². The average molecular weight is 143 g/mol. The van der Waals surface area contributed by atoms with Crippen molar-refractivity contribution in [1.29, 1.82) is 0 Å². The lowest BCUT2D eigenvalue weighted by atomic mass is 10.6. The quantitative estimate of drug-likeness (QED) is 0.375. The number of amides is 1. The lowest BCUT2D eigenvalue weighted by Crippen LogP contribution is -2.45. The van der Waals surface area contributed by atoms with Crippen molar-refractivity contribution in [3.8, 4) is 0 Å². The van der Waals surface area contributed by atoms with Gasteiger partial charge in [-0.15, -0.1) is 0 Å². The van der Waals surface area contributed by atoms with E-state index in [1.807, 2.05) is 0 Å². The van der Waals surface area contributed by atoms with Gasteiger partial charge in [-0.3, -0.25) is 14.6 Å². The summed E-state index contributed by atoms with van der Waals surface area (Å²) < 4.78 is 4.53. The van der Waals surface area contributed by atoms with Crippen molar-refractivity contribution in [2.75, 3.05) is 11.2 Å². The van der Waals surface area contributed by atoms with Crippen LogP contribution in [0.4, 0.5) is 5.88 Å². The standard InChI is InChI=1S/C4H6N4O2/c1-3(9)6-4-2-8(5)7-10-4/h2H,1H3,(H2-,5,6,7,9)/p+1. The summed E-state index contributed by atoms with van der Waals surface area (Å²) >= 11 is 0. The summed E-state index contributed by atoms with van der Waals surface area (Å²) in [5, 5.41) is 5.63. The van der Waals surface area contributed by atoms with Gasteiger partial charge in [-0.25, -0.2) is 0 Å². The first kappa shape index (κ1) is 6.53. The molecule has 0 aromatic carbocycles. The number of carbonyl (C=O) groups excluding carboxylic acids is 1. The third kappa shape index (κ3) is 1.44. The number of nitrogens with zero attached hydrogens (tertiary/aromatic N) is 2. The molecule has 10 heavy (non-hydrogen) atoms. The lowest BCUT2D eigenvalue weighted by Gasteiger charge is -1.86. The molecule has 0 saturated carbocycles. The number of nitrogen functional groups attached to an aromatic ring is 1. The van der Waals surface area contributed by atoms with Crippen LogP contribution in [-0.2, 0) is 4.79 Å². The zero-order valence-corrected chi connectivity index (χ0v) is 5.37. The summed E-state index contributed by atoms with van der Waals surface area (Å²) in [4.78, 5) is 11.3. The number of carbonyl (C=O) groups is 1. The molecule has 1 heterocycles. The Balaban J connectivity index is 2.67. The molecule has 54 valence electrons. The van der Waals surface area contributed by atoms with Crippen molar-refractivity contribution in [3.05, 3.63) is 6.20 Å². The second kappa shape index (κ2) is 2.34. The predicted octanol–water partition coefficient (Wildman–Crippen LogP) is -1.37. The Hall–Kier alpha value is -1.59. The monoisotopic (exact) mass is 143 g/mol. The molecular formula is C4H7N4O2+. The van der Waals surface area contributed by atoms with Crippen LogP contribution in [0.25, 0.3) is 0 Å². The molecule has 0 aliphatic carbocycles. The van der Waals surface area contributed by atoms with E-state index in [1.165, 1.54) is 13.1 Å². The minimum absolute atomic E-state index is 0.225. The van der Waals surface area contributed by atoms with Crippen molar-refractivity contribution in [2.24, 2.45) is 0 Å². The lowest BCUT2D eigenvalue weighted by molar-refractivity contribution is -0.709. The van der Waals surface area contributed by atoms with Gasteiger partial charge in [0.2, 0.25) is 11.2 Å². The largest absolute Gasteiger partial charge is 0.305 e. The minimum Gasteiger partial charge on any atom is -0.289 e. The Bertz CT molecular complexity index is 243. The summed E-state index contributed by atoms with van der Waals surface area (Å²) in [6.07, 6.45) is 1.35. The van der Waals surface area contributed by atoms with Gasteiger partial charge in [-0.1, -0.05) is 0 Å². The maximum Gasteiger partial charge on any atom is 0.305 e. The molecule has 0 atom stereocenters. The molecule has 0 saturated heterocycles. The van der Waals surface area contributed by atoms with E-state index >= 15 is 0 Å². The summed E-state index contributed by atoms with van der Waals surface area (Å²) in [7, 11) is 0. The molecule has 6 nitrogen and oxygen atoms in total. The molecule has 1 amide bonds. The maximum atomic E-state index is 10.4. The van der Waals surface area contributed by atoms with Gasteiger partial charge in [-0.05, 0) is 0 Å². The van der Waals surface area contributed by atoms with Crippen molar-refractivity contribution < 1.29 is 14.1 Å². The third-order valence-corrected chi connectivity index (χ3v) is 0.782. The molecule has 0 bridgehead atoms. The van der Waals surface area contributed by atoms with Crippen LogP contribution in [0.1, 0.15) is 6.92 Å². The number of hydrogen-bond donors (Lipinski definition) is 2. The minimum atomic E-state index is -0.225. The van der Waals surface area contributed by atoms with Crippen LogP contribution in [0.15, 0.2) is 10.7 Å². The normalized spacial score (nSPS) is 9.30. The first-order valence-corrected chi connectivity index (χ1v) is 2.60. The molecule has 0 aliphatic heterocycles. The third-order valence-electron chi connectivity index (χ3n) is 0.782. The molecule has 0 spiro atoms. The molecular weight excluding hydrogens is 136 g/mol. The van der Waals surface area contributed by atoms with Crippen LogP contribution in [0.2, 0.25) is 0 Å². The molecule has 0 fully saturated rings. The van der Waals surface area contributed by atoms with Gasteiger partial charge in [-0.2, -0.15) is 5.84 Å².